The van der Waals surface area contributed by atoms with E-state index < -0.39 is 0 Å². The van der Waals surface area contributed by atoms with Crippen LogP contribution in [-0.4, -0.2) is 27.8 Å². The summed E-state index contributed by atoms with van der Waals surface area (Å²) in [4.78, 5) is 2.82. The highest BCUT2D eigenvalue weighted by Crippen LogP contribution is 2.37. The third-order valence-corrected chi connectivity index (χ3v) is 4.70. The minimum atomic E-state index is 0.418. The van der Waals surface area contributed by atoms with Crippen molar-refractivity contribution in [3.8, 4) is 0 Å². The molecule has 4 nitrogen and oxygen atoms in total. The first-order valence-electron chi connectivity index (χ1n) is 7.15. The predicted octanol–water partition coefficient (Wildman–Crippen LogP) is 2.27. The van der Waals surface area contributed by atoms with Gasteiger partial charge in [0.15, 0.2) is 5.82 Å². The maximum atomic E-state index is 5.82. The number of anilines is 1. The quantitative estimate of drug-likeness (QED) is 0.858. The van der Waals surface area contributed by atoms with Crippen molar-refractivity contribution in [1.82, 2.24) is 10.2 Å². The van der Waals surface area contributed by atoms with E-state index in [0.717, 1.165) is 23.8 Å². The van der Waals surface area contributed by atoms with Gasteiger partial charge < -0.3 is 10.6 Å². The molecule has 1 unspecified atom stereocenters. The van der Waals surface area contributed by atoms with Crippen LogP contribution in [0.25, 0.3) is 0 Å². The summed E-state index contributed by atoms with van der Waals surface area (Å²) in [5, 5.41) is 8.34. The first-order chi connectivity index (χ1) is 9.27. The fourth-order valence-electron chi connectivity index (χ4n) is 3.62. The molecule has 102 valence electrons. The van der Waals surface area contributed by atoms with Crippen LogP contribution < -0.4 is 10.6 Å². The fourth-order valence-corrected chi connectivity index (χ4v) is 3.78. The number of thiocarbonyl (C=S) groups is 1. The molecule has 0 radical (unpaired) electrons. The summed E-state index contributed by atoms with van der Waals surface area (Å²) >= 11 is 5.14. The Labute approximate surface area is 119 Å². The molecule has 0 bridgehead atoms. The summed E-state index contributed by atoms with van der Waals surface area (Å²) in [5.74, 6) is 1.70. The smallest absolute Gasteiger partial charge is 0.161 e. The average Bonchev–Trinajstić information content (AvgIpc) is 3.09. The van der Waals surface area contributed by atoms with Gasteiger partial charge in [-0.05, 0) is 37.7 Å². The molecular weight excluding hydrogens is 256 g/mol. The van der Waals surface area contributed by atoms with E-state index in [1.54, 1.807) is 6.20 Å². The second kappa shape index (κ2) is 5.41. The summed E-state index contributed by atoms with van der Waals surface area (Å²) in [6.45, 7) is 1.05. The van der Waals surface area contributed by atoms with Crippen molar-refractivity contribution in [2.45, 2.75) is 44.6 Å². The van der Waals surface area contributed by atoms with E-state index in [1.807, 2.05) is 6.07 Å². The first kappa shape index (κ1) is 12.8. The highest BCUT2D eigenvalue weighted by atomic mass is 32.1. The Morgan fingerprint density at radius 1 is 1.26 bits per heavy atom. The minimum absolute atomic E-state index is 0.418. The molecule has 5 heteroatoms. The Hall–Kier alpha value is -1.23. The molecule has 1 saturated heterocycles. The highest BCUT2D eigenvalue weighted by molar-refractivity contribution is 7.80. The summed E-state index contributed by atoms with van der Waals surface area (Å²) in [7, 11) is 0. The molecule has 2 heterocycles. The molecule has 2 fully saturated rings. The van der Waals surface area contributed by atoms with E-state index in [0.29, 0.717) is 11.0 Å². The monoisotopic (exact) mass is 276 g/mol. The zero-order valence-electron chi connectivity index (χ0n) is 11.1. The third kappa shape index (κ3) is 2.43. The zero-order valence-corrected chi connectivity index (χ0v) is 11.9. The molecule has 1 atom stereocenters. The zero-order chi connectivity index (χ0) is 13.2. The standard InChI is InChI=1S/C14H20N4S/c15-13(19)11-7-8-16-17-14(11)18-9-3-6-12(18)10-4-1-2-5-10/h7-8,10,12H,1-6,9H2,(H2,15,19). The van der Waals surface area contributed by atoms with Crippen LogP contribution in [-0.2, 0) is 0 Å². The van der Waals surface area contributed by atoms with Gasteiger partial charge in [-0.3, -0.25) is 0 Å². The Balaban J connectivity index is 1.90. The lowest BCUT2D eigenvalue weighted by Gasteiger charge is -2.31. The van der Waals surface area contributed by atoms with E-state index in [-0.39, 0.29) is 0 Å². The largest absolute Gasteiger partial charge is 0.389 e. The van der Waals surface area contributed by atoms with E-state index >= 15 is 0 Å². The molecule has 2 N–H and O–H groups in total. The fraction of sp³-hybridized carbons (Fsp3) is 0.643. The van der Waals surface area contributed by atoms with E-state index in [4.69, 9.17) is 18.0 Å². The van der Waals surface area contributed by atoms with Crippen molar-refractivity contribution >= 4 is 23.0 Å². The van der Waals surface area contributed by atoms with Gasteiger partial charge in [-0.1, -0.05) is 25.1 Å². The first-order valence-corrected chi connectivity index (χ1v) is 7.56. The van der Waals surface area contributed by atoms with Gasteiger partial charge in [0.25, 0.3) is 0 Å². The van der Waals surface area contributed by atoms with Gasteiger partial charge in [0.1, 0.15) is 4.99 Å². The normalized spacial score (nSPS) is 24.0. The Kier molecular flexibility index (Phi) is 3.64. The third-order valence-electron chi connectivity index (χ3n) is 4.48. The maximum absolute atomic E-state index is 5.82. The van der Waals surface area contributed by atoms with Crippen molar-refractivity contribution in [2.75, 3.05) is 11.4 Å². The number of aromatic nitrogens is 2. The molecular formula is C14H20N4S. The van der Waals surface area contributed by atoms with Gasteiger partial charge >= 0.3 is 0 Å². The molecule has 1 aromatic heterocycles. The van der Waals surface area contributed by atoms with Crippen LogP contribution in [0, 0.1) is 5.92 Å². The summed E-state index contributed by atoms with van der Waals surface area (Å²) in [6, 6.07) is 2.49. The molecule has 1 aromatic rings. The van der Waals surface area contributed by atoms with Crippen LogP contribution in [0.5, 0.6) is 0 Å². The van der Waals surface area contributed by atoms with Crippen LogP contribution in [0.15, 0.2) is 12.3 Å². The maximum Gasteiger partial charge on any atom is 0.161 e. The molecule has 1 saturated carbocycles. The second-order valence-corrected chi connectivity index (χ2v) is 6.02. The summed E-state index contributed by atoms with van der Waals surface area (Å²) < 4.78 is 0. The van der Waals surface area contributed by atoms with Gasteiger partial charge in [-0.25, -0.2) is 0 Å². The molecule has 0 aromatic carbocycles. The van der Waals surface area contributed by atoms with Gasteiger partial charge in [0.05, 0.1) is 11.8 Å². The number of rotatable bonds is 3. The van der Waals surface area contributed by atoms with Crippen LogP contribution in [0.1, 0.15) is 44.1 Å². The lowest BCUT2D eigenvalue weighted by molar-refractivity contribution is 0.428. The predicted molar refractivity (Wildman–Crippen MR) is 80.2 cm³/mol. The number of hydrogen-bond donors (Lipinski definition) is 1. The molecule has 0 spiro atoms. The second-order valence-electron chi connectivity index (χ2n) is 5.58. The molecule has 19 heavy (non-hydrogen) atoms. The number of hydrogen-bond acceptors (Lipinski definition) is 4. The lowest BCUT2D eigenvalue weighted by Crippen LogP contribution is -2.36. The Morgan fingerprint density at radius 2 is 2.05 bits per heavy atom. The summed E-state index contributed by atoms with van der Waals surface area (Å²) in [5.41, 5.74) is 6.69. The SMILES string of the molecule is NC(=S)c1ccnnc1N1CCCC1C1CCCC1. The van der Waals surface area contributed by atoms with Crippen molar-refractivity contribution in [3.63, 3.8) is 0 Å². The van der Waals surface area contributed by atoms with Crippen molar-refractivity contribution in [3.05, 3.63) is 17.8 Å². The van der Waals surface area contributed by atoms with E-state index in [1.165, 1.54) is 38.5 Å². The van der Waals surface area contributed by atoms with Crippen molar-refractivity contribution in [1.29, 1.82) is 0 Å². The van der Waals surface area contributed by atoms with Crippen LogP contribution in [0.2, 0.25) is 0 Å². The average molecular weight is 276 g/mol. The lowest BCUT2D eigenvalue weighted by atomic mass is 9.96. The molecule has 0 amide bonds. The van der Waals surface area contributed by atoms with Gasteiger partial charge in [0, 0.05) is 12.6 Å². The van der Waals surface area contributed by atoms with Gasteiger partial charge in [0.2, 0.25) is 0 Å². The number of nitrogens with zero attached hydrogens (tertiary/aromatic N) is 3. The van der Waals surface area contributed by atoms with Gasteiger partial charge in [-0.15, -0.1) is 5.10 Å². The Morgan fingerprint density at radius 3 is 2.79 bits per heavy atom. The van der Waals surface area contributed by atoms with Crippen molar-refractivity contribution < 1.29 is 0 Å². The van der Waals surface area contributed by atoms with Gasteiger partial charge in [-0.2, -0.15) is 5.10 Å². The Bertz CT molecular complexity index is 470. The number of nitrogens with two attached hydrogens (primary N) is 1. The molecule has 3 rings (SSSR count). The van der Waals surface area contributed by atoms with Crippen LogP contribution >= 0.6 is 12.2 Å². The van der Waals surface area contributed by atoms with E-state index in [9.17, 15) is 0 Å². The molecule has 1 aliphatic carbocycles. The minimum Gasteiger partial charge on any atom is -0.389 e. The molecule has 1 aliphatic heterocycles. The topological polar surface area (TPSA) is 55.0 Å². The van der Waals surface area contributed by atoms with E-state index in [2.05, 4.69) is 15.1 Å². The van der Waals surface area contributed by atoms with Crippen LogP contribution in [0.3, 0.4) is 0 Å². The summed E-state index contributed by atoms with van der Waals surface area (Å²) in [6.07, 6.45) is 9.61. The van der Waals surface area contributed by atoms with Crippen molar-refractivity contribution in [2.24, 2.45) is 11.7 Å². The molecule has 2 aliphatic rings. The van der Waals surface area contributed by atoms with Crippen LogP contribution in [0.4, 0.5) is 5.82 Å². The highest BCUT2D eigenvalue weighted by Gasteiger charge is 2.35.